The van der Waals surface area contributed by atoms with Crippen molar-refractivity contribution in [3.63, 3.8) is 0 Å². The van der Waals surface area contributed by atoms with Gasteiger partial charge in [-0.2, -0.15) is 4.31 Å². The quantitative estimate of drug-likeness (QED) is 0.573. The van der Waals surface area contributed by atoms with Crippen LogP contribution in [0.25, 0.3) is 0 Å². The Morgan fingerprint density at radius 3 is 2.55 bits per heavy atom. The summed E-state index contributed by atoms with van der Waals surface area (Å²) in [7, 11) is -1.95. The lowest BCUT2D eigenvalue weighted by molar-refractivity contribution is 0.467. The molecule has 0 radical (unpaired) electrons. The van der Waals surface area contributed by atoms with Gasteiger partial charge in [-0.1, -0.05) is 0 Å². The van der Waals surface area contributed by atoms with Crippen LogP contribution in [-0.4, -0.2) is 19.8 Å². The van der Waals surface area contributed by atoms with Gasteiger partial charge in [0.15, 0.2) is 0 Å². The van der Waals surface area contributed by atoms with Gasteiger partial charge < -0.3 is 0 Å². The maximum Gasteiger partial charge on any atom is 0.245 e. The second-order valence-corrected chi connectivity index (χ2v) is 11.0. The topological polar surface area (TPSA) is 37.4 Å². The van der Waals surface area contributed by atoms with Crippen LogP contribution in [0.15, 0.2) is 30.0 Å². The number of hydrogen-bond donors (Lipinski definition) is 0. The summed E-state index contributed by atoms with van der Waals surface area (Å²) in [5, 5.41) is 1.93. The zero-order valence-corrected chi connectivity index (χ0v) is 16.6. The van der Waals surface area contributed by atoms with Crippen LogP contribution in [0.5, 0.6) is 0 Å². The summed E-state index contributed by atoms with van der Waals surface area (Å²) < 4.78 is 28.0. The van der Waals surface area contributed by atoms with Crippen molar-refractivity contribution in [2.75, 3.05) is 7.05 Å². The fraction of sp³-hybridized carbons (Fsp3) is 0.273. The Labute approximate surface area is 147 Å². The third-order valence-electron chi connectivity index (χ3n) is 2.55. The molecule has 2 aromatic heterocycles. The predicted octanol–water partition coefficient (Wildman–Crippen LogP) is 4.89. The maximum absolute atomic E-state index is 12.5. The third-order valence-corrected chi connectivity index (χ3v) is 8.61. The summed E-state index contributed by atoms with van der Waals surface area (Å²) in [5.74, 6) is 0.306. The van der Waals surface area contributed by atoms with Crippen molar-refractivity contribution >= 4 is 76.2 Å². The molecule has 3 nitrogen and oxygen atoms in total. The van der Waals surface area contributed by atoms with Crippen LogP contribution >= 0.6 is 66.1 Å². The highest BCUT2D eigenvalue weighted by Crippen LogP contribution is 2.34. The van der Waals surface area contributed by atoms with E-state index in [-0.39, 0.29) is 4.90 Å². The Morgan fingerprint density at radius 2 is 2.05 bits per heavy atom. The highest BCUT2D eigenvalue weighted by molar-refractivity contribution is 9.11. The first-order valence-electron chi connectivity index (χ1n) is 5.38. The first-order valence-corrected chi connectivity index (χ1v) is 10.6. The molecule has 0 N–H and O–H groups in total. The highest BCUT2D eigenvalue weighted by atomic mass is 79.9. The average molecular weight is 480 g/mol. The highest BCUT2D eigenvalue weighted by Gasteiger charge is 2.25. The van der Waals surface area contributed by atoms with Gasteiger partial charge >= 0.3 is 0 Å². The Hall–Kier alpha value is 0.560. The first-order chi connectivity index (χ1) is 9.34. The number of alkyl halides is 1. The molecule has 0 saturated heterocycles. The van der Waals surface area contributed by atoms with Gasteiger partial charge in [0.25, 0.3) is 0 Å². The van der Waals surface area contributed by atoms with E-state index in [1.165, 1.54) is 27.0 Å². The average Bonchev–Trinajstić information content (AvgIpc) is 2.95. The lowest BCUT2D eigenvalue weighted by Crippen LogP contribution is -2.26. The van der Waals surface area contributed by atoms with Crippen molar-refractivity contribution < 1.29 is 8.42 Å². The lowest BCUT2D eigenvalue weighted by Gasteiger charge is -2.15. The smallest absolute Gasteiger partial charge is 0.207 e. The Balaban J connectivity index is 2.26. The van der Waals surface area contributed by atoms with E-state index >= 15 is 0 Å². The molecule has 0 amide bonds. The molecule has 2 heterocycles. The molecular weight excluding hydrogens is 470 g/mol. The number of rotatable bonds is 5. The third kappa shape index (κ3) is 3.66. The molecule has 0 atom stereocenters. The van der Waals surface area contributed by atoms with Gasteiger partial charge in [-0.3, -0.25) is 0 Å². The molecule has 110 valence electrons. The van der Waals surface area contributed by atoms with E-state index in [4.69, 9.17) is 11.6 Å². The normalized spacial score (nSPS) is 12.2. The largest absolute Gasteiger partial charge is 0.245 e. The first kappa shape index (κ1) is 16.9. The van der Waals surface area contributed by atoms with Gasteiger partial charge in [0.2, 0.25) is 10.0 Å². The van der Waals surface area contributed by atoms with E-state index in [1.54, 1.807) is 13.1 Å². The van der Waals surface area contributed by atoms with E-state index in [9.17, 15) is 8.42 Å². The molecule has 0 fully saturated rings. The molecule has 0 aliphatic carbocycles. The summed E-state index contributed by atoms with van der Waals surface area (Å²) in [5.41, 5.74) is 0.955. The molecule has 0 aliphatic heterocycles. The molecular formula is C11H10Br2ClNO2S3. The number of nitrogens with zero attached hydrogens (tertiary/aromatic N) is 1. The predicted molar refractivity (Wildman–Crippen MR) is 92.2 cm³/mol. The summed E-state index contributed by atoms with van der Waals surface area (Å²) >= 11 is 15.3. The monoisotopic (exact) mass is 477 g/mol. The number of sulfonamides is 1. The van der Waals surface area contributed by atoms with Crippen LogP contribution < -0.4 is 0 Å². The van der Waals surface area contributed by atoms with Crippen molar-refractivity contribution in [2.45, 2.75) is 17.3 Å². The van der Waals surface area contributed by atoms with Crippen molar-refractivity contribution in [3.8, 4) is 0 Å². The van der Waals surface area contributed by atoms with Crippen LogP contribution in [0.1, 0.15) is 10.4 Å². The maximum atomic E-state index is 12.5. The Morgan fingerprint density at radius 1 is 1.35 bits per heavy atom. The SMILES string of the molecule is CN(Cc1csc(Br)c1)S(=O)(=O)c1cc(CCl)sc1Br. The molecule has 0 saturated carbocycles. The van der Waals surface area contributed by atoms with E-state index < -0.39 is 10.0 Å². The van der Waals surface area contributed by atoms with Crippen LogP contribution in [0.4, 0.5) is 0 Å². The van der Waals surface area contributed by atoms with Crippen molar-refractivity contribution in [1.29, 1.82) is 0 Å². The summed E-state index contributed by atoms with van der Waals surface area (Å²) in [4.78, 5) is 1.10. The number of hydrogen-bond acceptors (Lipinski definition) is 4. The van der Waals surface area contributed by atoms with Crippen molar-refractivity contribution in [2.24, 2.45) is 0 Å². The fourth-order valence-electron chi connectivity index (χ4n) is 1.58. The fourth-order valence-corrected chi connectivity index (χ4v) is 6.66. The van der Waals surface area contributed by atoms with Gasteiger partial charge in [0.1, 0.15) is 4.90 Å². The Kier molecular flexibility index (Phi) is 5.72. The molecule has 2 aromatic rings. The minimum absolute atomic E-state index is 0.273. The minimum Gasteiger partial charge on any atom is -0.207 e. The van der Waals surface area contributed by atoms with E-state index in [2.05, 4.69) is 31.9 Å². The van der Waals surface area contributed by atoms with Crippen LogP contribution in [0.3, 0.4) is 0 Å². The van der Waals surface area contributed by atoms with Crippen LogP contribution in [0, 0.1) is 0 Å². The van der Waals surface area contributed by atoms with Gasteiger partial charge in [0, 0.05) is 18.5 Å². The van der Waals surface area contributed by atoms with Crippen LogP contribution in [-0.2, 0) is 22.4 Å². The molecule has 9 heteroatoms. The summed E-state index contributed by atoms with van der Waals surface area (Å²) in [6, 6.07) is 3.54. The molecule has 0 unspecified atom stereocenters. The Bertz CT molecular complexity index is 711. The van der Waals surface area contributed by atoms with E-state index in [1.807, 2.05) is 11.4 Å². The van der Waals surface area contributed by atoms with Crippen molar-refractivity contribution in [3.05, 3.63) is 35.5 Å². The zero-order valence-electron chi connectivity index (χ0n) is 10.3. The lowest BCUT2D eigenvalue weighted by atomic mass is 10.3. The molecule has 0 aromatic carbocycles. The zero-order chi connectivity index (χ0) is 14.9. The van der Waals surface area contributed by atoms with Gasteiger partial charge in [0.05, 0.1) is 13.5 Å². The standard InChI is InChI=1S/C11H10Br2ClNO2S3/c1-15(5-7-2-10(12)18-6-7)20(16,17)9-3-8(4-14)19-11(9)13/h2-3,6H,4-5H2,1H3. The molecule has 2 rings (SSSR count). The second kappa shape index (κ2) is 6.76. The second-order valence-electron chi connectivity index (χ2n) is 4.00. The molecule has 0 bridgehead atoms. The summed E-state index contributed by atoms with van der Waals surface area (Å²) in [6.45, 7) is 0.336. The van der Waals surface area contributed by atoms with E-state index in [0.717, 1.165) is 14.2 Å². The van der Waals surface area contributed by atoms with Gasteiger partial charge in [-0.15, -0.1) is 34.3 Å². The van der Waals surface area contributed by atoms with Crippen molar-refractivity contribution in [1.82, 2.24) is 4.31 Å². The number of thiophene rings is 2. The van der Waals surface area contributed by atoms with Gasteiger partial charge in [-0.05, 0) is 54.9 Å². The van der Waals surface area contributed by atoms with Gasteiger partial charge in [-0.25, -0.2) is 8.42 Å². The molecule has 20 heavy (non-hydrogen) atoms. The molecule has 0 spiro atoms. The van der Waals surface area contributed by atoms with Crippen LogP contribution in [0.2, 0.25) is 0 Å². The number of halogens is 3. The summed E-state index contributed by atoms with van der Waals surface area (Å²) in [6.07, 6.45) is 0. The minimum atomic E-state index is -3.52. The van der Waals surface area contributed by atoms with E-state index in [0.29, 0.717) is 16.2 Å². The molecule has 0 aliphatic rings.